The maximum absolute atomic E-state index is 14.6. The second kappa shape index (κ2) is 15.5. The van der Waals surface area contributed by atoms with Crippen molar-refractivity contribution in [2.45, 2.75) is 70.3 Å². The van der Waals surface area contributed by atoms with E-state index in [0.717, 1.165) is 23.8 Å². The number of nitrogens with one attached hydrogen (secondary N) is 1. The Balaban J connectivity index is 1.30. The minimum atomic E-state index is -4.45. The van der Waals surface area contributed by atoms with Gasteiger partial charge in [0.05, 0.1) is 17.4 Å². The van der Waals surface area contributed by atoms with Gasteiger partial charge in [0.25, 0.3) is 0 Å². The van der Waals surface area contributed by atoms with Gasteiger partial charge in [-0.1, -0.05) is 48.5 Å². The van der Waals surface area contributed by atoms with Crippen molar-refractivity contribution in [1.82, 2.24) is 19.8 Å². The molecule has 1 saturated heterocycles. The van der Waals surface area contributed by atoms with Gasteiger partial charge in [-0.05, 0) is 92.1 Å². The summed E-state index contributed by atoms with van der Waals surface area (Å²) in [4.78, 5) is 51.4. The van der Waals surface area contributed by atoms with E-state index in [4.69, 9.17) is 0 Å². The van der Waals surface area contributed by atoms with Crippen molar-refractivity contribution in [1.29, 1.82) is 0 Å². The van der Waals surface area contributed by atoms with Gasteiger partial charge in [-0.15, -0.1) is 0 Å². The van der Waals surface area contributed by atoms with Crippen molar-refractivity contribution in [2.75, 3.05) is 13.1 Å². The van der Waals surface area contributed by atoms with Crippen molar-refractivity contribution < 1.29 is 36.6 Å². The number of H-pyrrole nitrogens is 1. The summed E-state index contributed by atoms with van der Waals surface area (Å²) in [5.74, 6) is -3.29. The number of aryl methyl sites for hydroxylation is 2. The summed E-state index contributed by atoms with van der Waals surface area (Å²) >= 11 is 0. The number of rotatable bonds is 11. The number of likely N-dealkylation sites (tertiary alicyclic amines) is 1. The van der Waals surface area contributed by atoms with E-state index < -0.39 is 40.3 Å². The first kappa shape index (κ1) is 38.3. The first-order valence-corrected chi connectivity index (χ1v) is 17.6. The van der Waals surface area contributed by atoms with Gasteiger partial charge >= 0.3 is 12.1 Å². The molecule has 13 heteroatoms. The number of pyridine rings is 2. The quantitative estimate of drug-likeness (QED) is 0.135. The normalized spacial score (nSPS) is 14.4. The summed E-state index contributed by atoms with van der Waals surface area (Å²) < 4.78 is 67.9. The maximum Gasteiger partial charge on any atom is 0.416 e. The number of piperidine rings is 1. The summed E-state index contributed by atoms with van der Waals surface area (Å²) in [6.45, 7) is 4.24. The second-order valence-corrected chi connectivity index (χ2v) is 14.1. The molecule has 6 rings (SSSR count). The van der Waals surface area contributed by atoms with Crippen LogP contribution in [0.25, 0.3) is 22.2 Å². The number of benzene rings is 3. The molecule has 0 atom stereocenters. The Bertz CT molecular complexity index is 2210. The predicted molar refractivity (Wildman–Crippen MR) is 194 cm³/mol. The molecule has 1 fully saturated rings. The third-order valence-corrected chi connectivity index (χ3v) is 10.4. The Morgan fingerprint density at radius 2 is 1.56 bits per heavy atom. The lowest BCUT2D eigenvalue weighted by molar-refractivity contribution is -0.151. The Morgan fingerprint density at radius 3 is 2.19 bits per heavy atom. The van der Waals surface area contributed by atoms with Gasteiger partial charge in [0.2, 0.25) is 5.91 Å². The van der Waals surface area contributed by atoms with Gasteiger partial charge in [-0.25, -0.2) is 13.8 Å². The van der Waals surface area contributed by atoms with E-state index in [1.807, 2.05) is 4.90 Å². The Morgan fingerprint density at radius 1 is 0.907 bits per heavy atom. The fourth-order valence-corrected chi connectivity index (χ4v) is 7.00. The zero-order valence-corrected chi connectivity index (χ0v) is 29.7. The zero-order chi connectivity index (χ0) is 38.8. The van der Waals surface area contributed by atoms with Gasteiger partial charge in [0.1, 0.15) is 11.2 Å². The fraction of sp³-hybridized carbons (Fsp3) is 0.317. The summed E-state index contributed by atoms with van der Waals surface area (Å²) in [5.41, 5.74) is 0.725. The number of hydrogen-bond acceptors (Lipinski definition) is 5. The van der Waals surface area contributed by atoms with E-state index in [1.165, 1.54) is 30.5 Å². The van der Waals surface area contributed by atoms with Gasteiger partial charge in [-0.2, -0.15) is 13.2 Å². The predicted octanol–water partition coefficient (Wildman–Crippen LogP) is 7.57. The minimum absolute atomic E-state index is 0.0475. The molecule has 8 nitrogen and oxygen atoms in total. The highest BCUT2D eigenvalue weighted by Crippen LogP contribution is 2.32. The number of aromatic amines is 1. The average molecular weight is 747 g/mol. The molecule has 0 bridgehead atoms. The first-order chi connectivity index (χ1) is 25.6. The van der Waals surface area contributed by atoms with E-state index in [0.29, 0.717) is 48.4 Å². The molecule has 54 heavy (non-hydrogen) atoms. The van der Waals surface area contributed by atoms with Crippen LogP contribution in [-0.4, -0.2) is 61.4 Å². The highest BCUT2D eigenvalue weighted by atomic mass is 19.4. The molecule has 0 radical (unpaired) electrons. The Hall–Kier alpha value is -5.43. The van der Waals surface area contributed by atoms with Crippen molar-refractivity contribution in [3.8, 4) is 11.1 Å². The summed E-state index contributed by atoms with van der Waals surface area (Å²) in [5, 5.41) is 10.1. The van der Waals surface area contributed by atoms with Crippen LogP contribution in [-0.2, 0) is 41.6 Å². The zero-order valence-electron chi connectivity index (χ0n) is 29.7. The molecule has 0 aliphatic carbocycles. The van der Waals surface area contributed by atoms with E-state index >= 15 is 0 Å². The van der Waals surface area contributed by atoms with Crippen molar-refractivity contribution in [3.05, 3.63) is 135 Å². The number of halogens is 5. The number of carbonyl (C=O) groups excluding carboxylic acids is 1. The van der Waals surface area contributed by atoms with Gasteiger partial charge in [0, 0.05) is 43.1 Å². The second-order valence-electron chi connectivity index (χ2n) is 14.1. The number of carboxylic acids is 1. The van der Waals surface area contributed by atoms with Crippen LogP contribution < -0.4 is 5.43 Å². The molecule has 0 unspecified atom stereocenters. The number of nitrogens with zero attached hydrogens (tertiary/aromatic N) is 3. The summed E-state index contributed by atoms with van der Waals surface area (Å²) in [6.07, 6.45) is -2.16. The van der Waals surface area contributed by atoms with Crippen LogP contribution in [0.4, 0.5) is 22.0 Å². The monoisotopic (exact) mass is 746 g/mol. The third kappa shape index (κ3) is 8.20. The number of aliphatic carboxylic acids is 1. The van der Waals surface area contributed by atoms with Gasteiger partial charge in [0.15, 0.2) is 17.1 Å². The number of fused-ring (bicyclic) bond motifs is 1. The molecule has 0 saturated carbocycles. The first-order valence-electron chi connectivity index (χ1n) is 17.6. The Kier molecular flexibility index (Phi) is 11.0. The third-order valence-electron chi connectivity index (χ3n) is 10.4. The van der Waals surface area contributed by atoms with Gasteiger partial charge in [-0.3, -0.25) is 19.3 Å². The van der Waals surface area contributed by atoms with Crippen LogP contribution >= 0.6 is 0 Å². The average Bonchev–Trinajstić information content (AvgIpc) is 3.15. The van der Waals surface area contributed by atoms with E-state index in [9.17, 15) is 41.4 Å². The molecule has 3 aromatic carbocycles. The van der Waals surface area contributed by atoms with Crippen LogP contribution in [0.1, 0.15) is 54.6 Å². The van der Waals surface area contributed by atoms with E-state index in [1.54, 1.807) is 55.1 Å². The molecule has 0 spiro atoms. The number of carboxylic acid groups (broad SMARTS) is 1. The highest BCUT2D eigenvalue weighted by molar-refractivity contribution is 5.82. The molecular weight excluding hydrogens is 707 g/mol. The SMILES string of the molecule is CC(C)(C(=O)O)N1CCC(N(Cc2ccc(-c3ccc(C(F)(F)F)cc3)cc2)C(=O)Cc2c(CCc3cccc(F)c3F)[nH]c3ncccc3c2=O)CC1. The number of alkyl halides is 3. The lowest BCUT2D eigenvalue weighted by Crippen LogP contribution is -2.56. The van der Waals surface area contributed by atoms with Crippen LogP contribution in [0.2, 0.25) is 0 Å². The molecule has 3 heterocycles. The van der Waals surface area contributed by atoms with E-state index in [-0.39, 0.29) is 54.3 Å². The van der Waals surface area contributed by atoms with E-state index in [2.05, 4.69) is 9.97 Å². The highest BCUT2D eigenvalue weighted by Gasteiger charge is 2.39. The topological polar surface area (TPSA) is 107 Å². The molecule has 1 aliphatic rings. The smallest absolute Gasteiger partial charge is 0.416 e. The molecule has 2 N–H and O–H groups in total. The molecule has 2 aromatic heterocycles. The van der Waals surface area contributed by atoms with Crippen molar-refractivity contribution in [2.24, 2.45) is 0 Å². The number of amides is 1. The van der Waals surface area contributed by atoms with Crippen LogP contribution in [0.5, 0.6) is 0 Å². The van der Waals surface area contributed by atoms with Crippen molar-refractivity contribution >= 4 is 22.9 Å². The largest absolute Gasteiger partial charge is 0.480 e. The fourth-order valence-electron chi connectivity index (χ4n) is 7.00. The number of aromatic nitrogens is 2. The lowest BCUT2D eigenvalue weighted by atomic mass is 9.94. The molecule has 282 valence electrons. The summed E-state index contributed by atoms with van der Waals surface area (Å²) in [7, 11) is 0. The molecule has 1 amide bonds. The van der Waals surface area contributed by atoms with Crippen LogP contribution in [0, 0.1) is 11.6 Å². The lowest BCUT2D eigenvalue weighted by Gasteiger charge is -2.43. The minimum Gasteiger partial charge on any atom is -0.480 e. The van der Waals surface area contributed by atoms with Crippen molar-refractivity contribution in [3.63, 3.8) is 0 Å². The van der Waals surface area contributed by atoms with Crippen LogP contribution in [0.15, 0.2) is 89.9 Å². The Labute approximate surface area is 308 Å². The molecule has 1 aliphatic heterocycles. The molecule has 5 aromatic rings. The van der Waals surface area contributed by atoms with Gasteiger partial charge < -0.3 is 15.0 Å². The standard InChI is InChI=1S/C41H39F5N4O4/c1-40(2,39(53)54)49-21-18-30(19-22-49)50(24-25-8-10-26(11-9-25)27-12-15-29(16-13-27)41(44,45)46)35(51)23-32-34(17-14-28-5-3-7-33(42)36(28)43)48-38-31(37(32)52)6-4-20-47-38/h3-13,15-16,20,30H,14,17-19,21-24H2,1-2H3,(H,53,54)(H,47,48,52). The summed E-state index contributed by atoms with van der Waals surface area (Å²) in [6, 6.07) is 18.8. The van der Waals surface area contributed by atoms with Crippen LogP contribution in [0.3, 0.4) is 0 Å². The number of hydrogen-bond donors (Lipinski definition) is 2. The maximum atomic E-state index is 14.6. The number of carbonyl (C=O) groups is 2. The molecular formula is C41H39F5N4O4.